The molecule has 0 aromatic heterocycles. The summed E-state index contributed by atoms with van der Waals surface area (Å²) in [4.78, 5) is 11.6. The average molecular weight is 278 g/mol. The molecule has 0 spiro atoms. The van der Waals surface area contributed by atoms with Gasteiger partial charge < -0.3 is 15.2 Å². The Morgan fingerprint density at radius 3 is 2.53 bits per heavy atom. The van der Waals surface area contributed by atoms with Crippen molar-refractivity contribution < 1.29 is 14.6 Å². The summed E-state index contributed by atoms with van der Waals surface area (Å²) in [6, 6.07) is 13.1. The number of hydrogen-bond donors (Lipinski definition) is 2. The zero-order valence-corrected chi connectivity index (χ0v) is 10.7. The Hall–Kier alpha value is -2.20. The molecule has 2 aromatic carbocycles. The van der Waals surface area contributed by atoms with Crippen LogP contribution in [-0.2, 0) is 4.79 Å². The Labute approximate surface area is 115 Å². The van der Waals surface area contributed by atoms with Crippen LogP contribution in [0.5, 0.6) is 11.5 Å². The highest BCUT2D eigenvalue weighted by Gasteiger charge is 2.05. The molecule has 2 aromatic rings. The third-order valence-corrected chi connectivity index (χ3v) is 2.66. The quantitative estimate of drug-likeness (QED) is 0.845. The van der Waals surface area contributed by atoms with E-state index < -0.39 is 0 Å². The van der Waals surface area contributed by atoms with Crippen molar-refractivity contribution in [1.29, 1.82) is 0 Å². The number of carbonyl (C=O) groups is 1. The van der Waals surface area contributed by atoms with Crippen LogP contribution in [0, 0.1) is 0 Å². The minimum Gasteiger partial charge on any atom is -0.508 e. The van der Waals surface area contributed by atoms with Crippen molar-refractivity contribution in [3.63, 3.8) is 0 Å². The molecule has 2 rings (SSSR count). The number of phenols is 1. The minimum atomic E-state index is -0.300. The second-order valence-electron chi connectivity index (χ2n) is 3.81. The van der Waals surface area contributed by atoms with E-state index >= 15 is 0 Å². The highest BCUT2D eigenvalue weighted by atomic mass is 35.5. The van der Waals surface area contributed by atoms with Gasteiger partial charge in [0.25, 0.3) is 5.91 Å². The highest BCUT2D eigenvalue weighted by molar-refractivity contribution is 6.32. The normalized spacial score (nSPS) is 9.95. The first kappa shape index (κ1) is 13.2. The molecule has 19 heavy (non-hydrogen) atoms. The molecule has 0 unspecified atom stereocenters. The summed E-state index contributed by atoms with van der Waals surface area (Å²) in [5, 5.41) is 12.2. The highest BCUT2D eigenvalue weighted by Crippen LogP contribution is 2.23. The maximum atomic E-state index is 11.6. The van der Waals surface area contributed by atoms with E-state index in [1.165, 1.54) is 12.1 Å². The van der Waals surface area contributed by atoms with Crippen molar-refractivity contribution in [2.45, 2.75) is 0 Å². The second-order valence-corrected chi connectivity index (χ2v) is 4.22. The van der Waals surface area contributed by atoms with Crippen LogP contribution in [0.15, 0.2) is 48.5 Å². The summed E-state index contributed by atoms with van der Waals surface area (Å²) in [5.41, 5.74) is 0.588. The number of anilines is 1. The molecule has 0 aliphatic heterocycles. The largest absolute Gasteiger partial charge is 0.508 e. The number of nitrogens with one attached hydrogen (secondary N) is 1. The molecule has 98 valence electrons. The molecular weight excluding hydrogens is 266 g/mol. The van der Waals surface area contributed by atoms with Gasteiger partial charge in [-0.1, -0.05) is 23.7 Å². The van der Waals surface area contributed by atoms with Gasteiger partial charge in [0.1, 0.15) is 11.5 Å². The number of halogens is 1. The van der Waals surface area contributed by atoms with E-state index in [0.717, 1.165) is 0 Å². The average Bonchev–Trinajstić information content (AvgIpc) is 2.40. The Bertz CT molecular complexity index is 569. The van der Waals surface area contributed by atoms with E-state index in [1.807, 2.05) is 0 Å². The van der Waals surface area contributed by atoms with Crippen LogP contribution in [0.1, 0.15) is 0 Å². The number of hydrogen-bond acceptors (Lipinski definition) is 3. The predicted octanol–water partition coefficient (Wildman–Crippen LogP) is 3.06. The minimum absolute atomic E-state index is 0.134. The first-order valence-electron chi connectivity index (χ1n) is 5.61. The lowest BCUT2D eigenvalue weighted by atomic mass is 10.3. The molecule has 0 saturated carbocycles. The van der Waals surface area contributed by atoms with Gasteiger partial charge in [-0.25, -0.2) is 0 Å². The zero-order valence-electron chi connectivity index (χ0n) is 9.97. The van der Waals surface area contributed by atoms with Gasteiger partial charge in [-0.3, -0.25) is 4.79 Å². The van der Waals surface area contributed by atoms with E-state index in [-0.39, 0.29) is 18.3 Å². The van der Waals surface area contributed by atoms with Gasteiger partial charge in [-0.2, -0.15) is 0 Å². The lowest BCUT2D eigenvalue weighted by Gasteiger charge is -2.08. The fourth-order valence-electron chi connectivity index (χ4n) is 1.45. The molecule has 0 fully saturated rings. The molecule has 2 N–H and O–H groups in total. The fraction of sp³-hybridized carbons (Fsp3) is 0.0714. The van der Waals surface area contributed by atoms with Crippen LogP contribution in [-0.4, -0.2) is 17.6 Å². The SMILES string of the molecule is O=C(COc1ccccc1Cl)Nc1ccc(O)cc1. The van der Waals surface area contributed by atoms with Crippen molar-refractivity contribution in [2.75, 3.05) is 11.9 Å². The van der Waals surface area contributed by atoms with Crippen molar-refractivity contribution in [1.82, 2.24) is 0 Å². The van der Waals surface area contributed by atoms with Gasteiger partial charge in [-0.15, -0.1) is 0 Å². The maximum absolute atomic E-state index is 11.6. The molecule has 0 atom stereocenters. The number of phenolic OH excluding ortho intramolecular Hbond substituents is 1. The Balaban J connectivity index is 1.88. The Kier molecular flexibility index (Phi) is 4.26. The van der Waals surface area contributed by atoms with Crippen LogP contribution >= 0.6 is 11.6 Å². The van der Waals surface area contributed by atoms with Crippen LogP contribution < -0.4 is 10.1 Å². The van der Waals surface area contributed by atoms with Gasteiger partial charge in [-0.05, 0) is 36.4 Å². The summed E-state index contributed by atoms with van der Waals surface area (Å²) in [5.74, 6) is 0.306. The van der Waals surface area contributed by atoms with E-state index in [2.05, 4.69) is 5.32 Å². The standard InChI is InChI=1S/C14H12ClNO3/c15-12-3-1-2-4-13(12)19-9-14(18)16-10-5-7-11(17)8-6-10/h1-8,17H,9H2,(H,16,18). The lowest BCUT2D eigenvalue weighted by molar-refractivity contribution is -0.118. The summed E-state index contributed by atoms with van der Waals surface area (Å²) >= 11 is 5.90. The predicted molar refractivity (Wildman–Crippen MR) is 73.7 cm³/mol. The van der Waals surface area contributed by atoms with E-state index in [1.54, 1.807) is 36.4 Å². The lowest BCUT2D eigenvalue weighted by Crippen LogP contribution is -2.20. The van der Waals surface area contributed by atoms with Gasteiger partial charge in [0.05, 0.1) is 5.02 Å². The molecule has 4 nitrogen and oxygen atoms in total. The van der Waals surface area contributed by atoms with Crippen LogP contribution in [0.2, 0.25) is 5.02 Å². The summed E-state index contributed by atoms with van der Waals surface area (Å²) < 4.78 is 5.30. The van der Waals surface area contributed by atoms with Gasteiger partial charge in [0.2, 0.25) is 0 Å². The van der Waals surface area contributed by atoms with Crippen molar-refractivity contribution >= 4 is 23.2 Å². The second kappa shape index (κ2) is 6.11. The number of rotatable bonds is 4. The first-order chi connectivity index (χ1) is 9.15. The van der Waals surface area contributed by atoms with Gasteiger partial charge in [0.15, 0.2) is 6.61 Å². The van der Waals surface area contributed by atoms with Crippen molar-refractivity contribution in [3.8, 4) is 11.5 Å². The summed E-state index contributed by atoms with van der Waals surface area (Å²) in [6.45, 7) is -0.134. The number of carbonyl (C=O) groups excluding carboxylic acids is 1. The zero-order chi connectivity index (χ0) is 13.7. The van der Waals surface area contributed by atoms with Crippen molar-refractivity contribution in [2.24, 2.45) is 0 Å². The fourth-order valence-corrected chi connectivity index (χ4v) is 1.64. The topological polar surface area (TPSA) is 58.6 Å². The maximum Gasteiger partial charge on any atom is 0.262 e. The van der Waals surface area contributed by atoms with Crippen LogP contribution in [0.25, 0.3) is 0 Å². The number of para-hydroxylation sites is 1. The molecular formula is C14H12ClNO3. The summed E-state index contributed by atoms with van der Waals surface area (Å²) in [7, 11) is 0. The number of benzene rings is 2. The molecule has 0 aliphatic rings. The third kappa shape index (κ3) is 3.89. The Morgan fingerprint density at radius 2 is 1.84 bits per heavy atom. The van der Waals surface area contributed by atoms with Crippen LogP contribution in [0.4, 0.5) is 5.69 Å². The van der Waals surface area contributed by atoms with E-state index in [4.69, 9.17) is 21.4 Å². The molecule has 1 amide bonds. The molecule has 5 heteroatoms. The number of ether oxygens (including phenoxy) is 1. The molecule has 0 radical (unpaired) electrons. The number of amides is 1. The molecule has 0 aliphatic carbocycles. The summed E-state index contributed by atoms with van der Waals surface area (Å²) in [6.07, 6.45) is 0. The van der Waals surface area contributed by atoms with E-state index in [0.29, 0.717) is 16.5 Å². The third-order valence-electron chi connectivity index (χ3n) is 2.35. The van der Waals surface area contributed by atoms with E-state index in [9.17, 15) is 4.79 Å². The van der Waals surface area contributed by atoms with Crippen molar-refractivity contribution in [3.05, 3.63) is 53.6 Å². The Morgan fingerprint density at radius 1 is 1.16 bits per heavy atom. The van der Waals surface area contributed by atoms with Gasteiger partial charge in [0, 0.05) is 5.69 Å². The molecule has 0 bridgehead atoms. The number of aromatic hydroxyl groups is 1. The smallest absolute Gasteiger partial charge is 0.262 e. The first-order valence-corrected chi connectivity index (χ1v) is 5.99. The monoisotopic (exact) mass is 277 g/mol. The van der Waals surface area contributed by atoms with Crippen LogP contribution in [0.3, 0.4) is 0 Å². The van der Waals surface area contributed by atoms with Gasteiger partial charge >= 0.3 is 0 Å². The molecule has 0 saturated heterocycles. The molecule has 0 heterocycles.